The Morgan fingerprint density at radius 2 is 1.58 bits per heavy atom. The Morgan fingerprint density at radius 1 is 0.854 bits per heavy atom. The molecule has 0 fully saturated rings. The monoisotopic (exact) mass is 677 g/mol. The van der Waals surface area contributed by atoms with Crippen molar-refractivity contribution in [2.45, 2.75) is 64.7 Å². The highest BCUT2D eigenvalue weighted by Gasteiger charge is 2.44. The first kappa shape index (κ1) is 32.7. The van der Waals surface area contributed by atoms with Crippen molar-refractivity contribution in [1.29, 1.82) is 0 Å². The maximum absolute atomic E-state index is 7.19. The van der Waals surface area contributed by atoms with Crippen LogP contribution in [0.2, 0.25) is 0 Å². The summed E-state index contributed by atoms with van der Waals surface area (Å²) in [6.07, 6.45) is 12.0. The molecular weight excluding hydrogens is 636 g/mol. The van der Waals surface area contributed by atoms with Gasteiger partial charge in [-0.15, -0.1) is 4.33 Å². The quantitative estimate of drug-likeness (QED) is 0.0724. The van der Waals surface area contributed by atoms with Crippen LogP contribution < -0.4 is 9.79 Å². The Labute approximate surface area is 293 Å². The van der Waals surface area contributed by atoms with Gasteiger partial charge in [-0.25, -0.2) is 0 Å². The van der Waals surface area contributed by atoms with E-state index in [4.69, 9.17) is 16.5 Å². The minimum absolute atomic E-state index is 0.138. The molecule has 0 N–H and O–H groups in total. The number of halogens is 1. The number of likely N-dealkylation sites (N-methyl/N-ethyl adjacent to an activating group) is 1. The van der Waals surface area contributed by atoms with Gasteiger partial charge >= 0.3 is 0 Å². The molecule has 0 saturated heterocycles. The van der Waals surface area contributed by atoms with E-state index in [2.05, 4.69) is 153 Å². The molecule has 7 rings (SSSR count). The van der Waals surface area contributed by atoms with Gasteiger partial charge in [0.1, 0.15) is 7.05 Å². The molecule has 3 aliphatic rings. The summed E-state index contributed by atoms with van der Waals surface area (Å²) in [7, 11) is 4.33. The van der Waals surface area contributed by atoms with Crippen molar-refractivity contribution in [2.24, 2.45) is 0 Å². The van der Waals surface area contributed by atoms with Gasteiger partial charge in [0.05, 0.1) is 5.41 Å². The van der Waals surface area contributed by atoms with Crippen molar-refractivity contribution in [1.82, 2.24) is 0 Å². The number of thiol groups is 1. The van der Waals surface area contributed by atoms with Crippen LogP contribution in [0.1, 0.15) is 63.6 Å². The molecule has 5 nitrogen and oxygen atoms in total. The molecule has 0 radical (unpaired) electrons. The number of allylic oxidation sites excluding steroid dienone is 8. The van der Waals surface area contributed by atoms with Crippen molar-refractivity contribution in [2.75, 3.05) is 19.0 Å². The number of anilines is 1. The van der Waals surface area contributed by atoms with Gasteiger partial charge in [-0.3, -0.25) is 0 Å². The van der Waals surface area contributed by atoms with Crippen LogP contribution in [0.3, 0.4) is 0 Å². The summed E-state index contributed by atoms with van der Waals surface area (Å²) in [5.41, 5.74) is 10.9. The van der Waals surface area contributed by atoms with Crippen molar-refractivity contribution in [3.8, 4) is 5.75 Å². The van der Waals surface area contributed by atoms with E-state index < -0.39 is 0 Å². The molecule has 48 heavy (non-hydrogen) atoms. The molecule has 0 bridgehead atoms. The van der Waals surface area contributed by atoms with Crippen LogP contribution in [0, 0.1) is 6.92 Å². The molecule has 7 heteroatoms. The predicted molar refractivity (Wildman–Crippen MR) is 202 cm³/mol. The zero-order valence-electron chi connectivity index (χ0n) is 28.6. The van der Waals surface area contributed by atoms with Crippen LogP contribution >= 0.6 is 24.5 Å². The summed E-state index contributed by atoms with van der Waals surface area (Å²) in [6, 6.07) is 21.5. The lowest BCUT2D eigenvalue weighted by Crippen LogP contribution is -2.27. The Bertz CT molecular complexity index is 2150. The van der Waals surface area contributed by atoms with E-state index in [1.54, 1.807) is 0 Å². The lowest BCUT2D eigenvalue weighted by molar-refractivity contribution is -0.402. The third-order valence-corrected chi connectivity index (χ3v) is 11.1. The fourth-order valence-corrected chi connectivity index (χ4v) is 8.62. The van der Waals surface area contributed by atoms with Gasteiger partial charge < -0.3 is 9.79 Å². The van der Waals surface area contributed by atoms with Crippen LogP contribution in [-0.4, -0.2) is 24.4 Å². The fraction of sp³-hybridized carbons (Fsp3) is 0.293. The smallest absolute Gasteiger partial charge is 0.210 e. The first-order valence-corrected chi connectivity index (χ1v) is 17.3. The van der Waals surface area contributed by atoms with E-state index in [1.165, 1.54) is 66.8 Å². The molecule has 1 aliphatic carbocycles. The van der Waals surface area contributed by atoms with E-state index in [1.807, 2.05) is 12.1 Å². The van der Waals surface area contributed by atoms with Gasteiger partial charge in [-0.2, -0.15) is 4.58 Å². The molecule has 4 aromatic carbocycles. The van der Waals surface area contributed by atoms with Gasteiger partial charge in [0.2, 0.25) is 5.69 Å². The number of fused-ring (bicyclic) bond motifs is 6. The molecule has 2 heterocycles. The van der Waals surface area contributed by atoms with Gasteiger partial charge in [0.15, 0.2) is 11.5 Å². The highest BCUT2D eigenvalue weighted by Crippen LogP contribution is 2.50. The van der Waals surface area contributed by atoms with Crippen molar-refractivity contribution >= 4 is 63.1 Å². The third kappa shape index (κ3) is 5.30. The normalized spacial score (nSPS) is 20.2. The molecular formula is C41H42ClN2O3S+. The van der Waals surface area contributed by atoms with Crippen LogP contribution in [0.15, 0.2) is 107 Å². The topological polar surface area (TPSA) is 33.9 Å². The highest BCUT2D eigenvalue weighted by molar-refractivity contribution is 7.74. The maximum atomic E-state index is 7.19. The second kappa shape index (κ2) is 12.3. The van der Waals surface area contributed by atoms with E-state index in [9.17, 15) is 0 Å². The van der Waals surface area contributed by atoms with E-state index in [-0.39, 0.29) is 10.8 Å². The zero-order chi connectivity index (χ0) is 34.0. The molecule has 0 aromatic heterocycles. The van der Waals surface area contributed by atoms with Gasteiger partial charge in [0.25, 0.3) is 0 Å². The molecule has 0 spiro atoms. The molecule has 246 valence electrons. The van der Waals surface area contributed by atoms with Crippen molar-refractivity contribution in [3.63, 3.8) is 0 Å². The minimum atomic E-state index is -0.228. The van der Waals surface area contributed by atoms with E-state index in [0.717, 1.165) is 29.7 Å². The fourth-order valence-electron chi connectivity index (χ4n) is 8.27. The lowest BCUT2D eigenvalue weighted by Gasteiger charge is -2.25. The Kier molecular flexibility index (Phi) is 8.36. The predicted octanol–water partition coefficient (Wildman–Crippen LogP) is 10.9. The summed E-state index contributed by atoms with van der Waals surface area (Å²) >= 11 is 10.8. The van der Waals surface area contributed by atoms with Crippen LogP contribution in [-0.2, 0) is 20.2 Å². The lowest BCUT2D eigenvalue weighted by atomic mass is 9.78. The van der Waals surface area contributed by atoms with Gasteiger partial charge in [0, 0.05) is 59.5 Å². The Morgan fingerprint density at radius 3 is 2.38 bits per heavy atom. The zero-order valence-corrected chi connectivity index (χ0v) is 30.3. The van der Waals surface area contributed by atoms with E-state index >= 15 is 0 Å². The van der Waals surface area contributed by atoms with Crippen LogP contribution in [0.4, 0.5) is 11.4 Å². The number of rotatable bonds is 6. The largest absolute Gasteiger partial charge is 0.347 e. The molecule has 4 aromatic rings. The summed E-state index contributed by atoms with van der Waals surface area (Å²) < 4.78 is 6.59. The molecule has 0 atom stereocenters. The number of aryl methyl sites for hydroxylation is 1. The number of hydrogen-bond donors (Lipinski definition) is 1. The highest BCUT2D eigenvalue weighted by atomic mass is 35.5. The Hall–Kier alpha value is -3.81. The second-order valence-corrected chi connectivity index (χ2v) is 14.8. The summed E-state index contributed by atoms with van der Waals surface area (Å²) in [5.74, 6) is 0.541. The maximum Gasteiger partial charge on any atom is 0.210 e. The van der Waals surface area contributed by atoms with Crippen LogP contribution in [0.5, 0.6) is 5.75 Å². The molecule has 0 amide bonds. The van der Waals surface area contributed by atoms with Crippen molar-refractivity contribution < 1.29 is 18.8 Å². The first-order chi connectivity index (χ1) is 22.9. The standard InChI is InChI=1S/C41H41ClN2O3S/c1-25-11-17-31-28(23-25)12-19-33-37(31)40(2,3)35(43(33)6)21-14-26-9-8-10-27(39(26)42)15-22-36-41(4,5)38-32-18-16-30(45-46-47-48)24-29(32)13-20-34(38)44(36)7/h11-24H,8-10H2,1-7H3/p+1. The van der Waals surface area contributed by atoms with E-state index in [0.29, 0.717) is 5.75 Å². The number of hydrogen-bond acceptors (Lipinski definition) is 5. The average Bonchev–Trinajstić information content (AvgIpc) is 3.38. The Balaban J connectivity index is 1.19. The number of nitrogens with zero attached hydrogens (tertiary/aromatic N) is 2. The SMILES string of the molecule is Cc1ccc2c3c(ccc2c1)N(C)/C(=C/C=C1\CCCC(/C=C/C2=[N+](C)c4ccc5cc(OOOS)ccc5c4C2(C)C)=C1Cl)C3(C)C. The summed E-state index contributed by atoms with van der Waals surface area (Å²) in [4.78, 5) is 7.49. The average molecular weight is 678 g/mol. The molecule has 2 aliphatic heterocycles. The van der Waals surface area contributed by atoms with Gasteiger partial charge in [-0.1, -0.05) is 67.4 Å². The second-order valence-electron chi connectivity index (χ2n) is 14.3. The van der Waals surface area contributed by atoms with Crippen molar-refractivity contribution in [3.05, 3.63) is 124 Å². The third-order valence-electron chi connectivity index (χ3n) is 10.6. The minimum Gasteiger partial charge on any atom is -0.347 e. The molecule has 0 unspecified atom stereocenters. The molecule has 0 saturated carbocycles. The van der Waals surface area contributed by atoms with Gasteiger partial charge in [-0.05, 0) is 120 Å². The first-order valence-electron chi connectivity index (χ1n) is 16.5. The van der Waals surface area contributed by atoms with Crippen LogP contribution in [0.25, 0.3) is 21.5 Å². The number of benzene rings is 4. The summed E-state index contributed by atoms with van der Waals surface area (Å²) in [6.45, 7) is 11.4. The summed E-state index contributed by atoms with van der Waals surface area (Å²) in [5, 5.41) is 10.3.